The van der Waals surface area contributed by atoms with Crippen LogP contribution in [0.3, 0.4) is 0 Å². The number of nitrogens with one attached hydrogen (secondary N) is 1. The molecular formula is C22H28N2O2. The van der Waals surface area contributed by atoms with E-state index in [0.717, 1.165) is 11.1 Å². The van der Waals surface area contributed by atoms with Crippen LogP contribution in [-0.4, -0.2) is 29.8 Å². The molecule has 1 atom stereocenters. The molecule has 0 saturated carbocycles. The highest BCUT2D eigenvalue weighted by molar-refractivity contribution is 5.97. The molecule has 1 unspecified atom stereocenters. The third kappa shape index (κ3) is 5.19. The van der Waals surface area contributed by atoms with Crippen LogP contribution in [0.2, 0.25) is 0 Å². The highest BCUT2D eigenvalue weighted by atomic mass is 16.2. The molecule has 2 aromatic carbocycles. The van der Waals surface area contributed by atoms with Gasteiger partial charge in [-0.15, -0.1) is 0 Å². The molecule has 0 saturated heterocycles. The molecule has 4 nitrogen and oxygen atoms in total. The van der Waals surface area contributed by atoms with Crippen LogP contribution in [0.25, 0.3) is 0 Å². The highest BCUT2D eigenvalue weighted by Gasteiger charge is 2.27. The van der Waals surface area contributed by atoms with Crippen molar-refractivity contribution in [1.82, 2.24) is 10.2 Å². The quantitative estimate of drug-likeness (QED) is 0.861. The van der Waals surface area contributed by atoms with Gasteiger partial charge in [-0.05, 0) is 37.5 Å². The smallest absolute Gasteiger partial charge is 0.251 e. The normalized spacial score (nSPS) is 11.9. The van der Waals surface area contributed by atoms with E-state index in [4.69, 9.17) is 0 Å². The third-order valence-corrected chi connectivity index (χ3v) is 4.42. The van der Waals surface area contributed by atoms with Crippen molar-refractivity contribution in [2.45, 2.75) is 40.3 Å². The number of hydrogen-bond acceptors (Lipinski definition) is 2. The molecule has 1 N–H and O–H groups in total. The molecule has 26 heavy (non-hydrogen) atoms. The summed E-state index contributed by atoms with van der Waals surface area (Å²) < 4.78 is 0. The van der Waals surface area contributed by atoms with E-state index in [9.17, 15) is 9.59 Å². The Labute approximate surface area is 156 Å². The Morgan fingerprint density at radius 1 is 1.00 bits per heavy atom. The lowest BCUT2D eigenvalue weighted by Crippen LogP contribution is -2.50. The molecule has 2 rings (SSSR count). The van der Waals surface area contributed by atoms with Gasteiger partial charge in [0.1, 0.15) is 6.04 Å². The largest absolute Gasteiger partial charge is 0.340 e. The highest BCUT2D eigenvalue weighted by Crippen LogP contribution is 2.12. The zero-order valence-electron chi connectivity index (χ0n) is 16.2. The van der Waals surface area contributed by atoms with E-state index in [0.29, 0.717) is 12.1 Å². The molecule has 0 aromatic heterocycles. The van der Waals surface area contributed by atoms with Crippen molar-refractivity contribution in [2.24, 2.45) is 5.92 Å². The van der Waals surface area contributed by atoms with Gasteiger partial charge in [0.15, 0.2) is 0 Å². The lowest BCUT2D eigenvalue weighted by Gasteiger charge is -2.27. The summed E-state index contributed by atoms with van der Waals surface area (Å²) in [5.41, 5.74) is 3.85. The number of hydrogen-bond donors (Lipinski definition) is 1. The van der Waals surface area contributed by atoms with Gasteiger partial charge in [-0.25, -0.2) is 0 Å². The molecule has 0 spiro atoms. The minimum atomic E-state index is -0.557. The van der Waals surface area contributed by atoms with Gasteiger partial charge in [-0.3, -0.25) is 9.59 Å². The van der Waals surface area contributed by atoms with Crippen LogP contribution in [0.5, 0.6) is 0 Å². The monoisotopic (exact) mass is 352 g/mol. The van der Waals surface area contributed by atoms with Crippen molar-refractivity contribution in [3.63, 3.8) is 0 Å². The number of nitrogens with zero attached hydrogens (tertiary/aromatic N) is 1. The Morgan fingerprint density at radius 2 is 1.65 bits per heavy atom. The number of aryl methyl sites for hydroxylation is 2. The predicted octanol–water partition coefficient (Wildman–Crippen LogP) is 3.72. The summed E-state index contributed by atoms with van der Waals surface area (Å²) >= 11 is 0. The van der Waals surface area contributed by atoms with E-state index >= 15 is 0 Å². The first-order valence-electron chi connectivity index (χ1n) is 8.96. The first kappa shape index (κ1) is 19.7. The minimum absolute atomic E-state index is 0.00303. The van der Waals surface area contributed by atoms with Gasteiger partial charge >= 0.3 is 0 Å². The van der Waals surface area contributed by atoms with Gasteiger partial charge in [0.2, 0.25) is 5.91 Å². The Hall–Kier alpha value is -2.62. The van der Waals surface area contributed by atoms with E-state index in [-0.39, 0.29) is 17.7 Å². The van der Waals surface area contributed by atoms with E-state index < -0.39 is 6.04 Å². The lowest BCUT2D eigenvalue weighted by molar-refractivity contribution is -0.133. The Balaban J connectivity index is 2.08. The van der Waals surface area contributed by atoms with Gasteiger partial charge in [0, 0.05) is 19.2 Å². The van der Waals surface area contributed by atoms with Crippen LogP contribution in [0.15, 0.2) is 48.5 Å². The summed E-state index contributed by atoms with van der Waals surface area (Å²) in [7, 11) is 1.77. The van der Waals surface area contributed by atoms with Crippen molar-refractivity contribution in [1.29, 1.82) is 0 Å². The summed E-state index contributed by atoms with van der Waals surface area (Å²) in [6.45, 7) is 8.38. The summed E-state index contributed by atoms with van der Waals surface area (Å²) in [4.78, 5) is 27.1. The number of rotatable bonds is 6. The molecule has 2 aromatic rings. The van der Waals surface area contributed by atoms with Crippen LogP contribution in [-0.2, 0) is 11.3 Å². The summed E-state index contributed by atoms with van der Waals surface area (Å²) in [6, 6.07) is 14.9. The van der Waals surface area contributed by atoms with Crippen LogP contribution in [0, 0.1) is 19.8 Å². The Bertz CT molecular complexity index is 766. The summed E-state index contributed by atoms with van der Waals surface area (Å²) in [5.74, 6) is -0.303. The molecule has 0 aliphatic carbocycles. The maximum atomic E-state index is 12.9. The number of amides is 2. The average Bonchev–Trinajstić information content (AvgIpc) is 2.60. The van der Waals surface area contributed by atoms with Crippen molar-refractivity contribution >= 4 is 11.8 Å². The zero-order chi connectivity index (χ0) is 19.3. The summed E-state index contributed by atoms with van der Waals surface area (Å²) in [5, 5.41) is 2.91. The van der Waals surface area contributed by atoms with E-state index in [1.54, 1.807) is 18.0 Å². The second-order valence-electron chi connectivity index (χ2n) is 7.24. The fourth-order valence-electron chi connectivity index (χ4n) is 2.81. The second kappa shape index (κ2) is 8.65. The first-order chi connectivity index (χ1) is 12.3. The van der Waals surface area contributed by atoms with E-state index in [2.05, 4.69) is 5.32 Å². The van der Waals surface area contributed by atoms with Crippen LogP contribution in [0.4, 0.5) is 0 Å². The molecule has 2 amide bonds. The van der Waals surface area contributed by atoms with Crippen molar-refractivity contribution in [3.8, 4) is 0 Å². The maximum absolute atomic E-state index is 12.9. The van der Waals surface area contributed by atoms with E-state index in [1.165, 1.54) is 5.56 Å². The van der Waals surface area contributed by atoms with Crippen LogP contribution < -0.4 is 5.32 Å². The number of carbonyl (C=O) groups is 2. The SMILES string of the molecule is Cc1ccc(CN(C)C(=O)C(NC(=O)c2cccc(C)c2)C(C)C)cc1. The molecule has 4 heteroatoms. The van der Waals surface area contributed by atoms with Gasteiger partial charge in [0.05, 0.1) is 0 Å². The molecule has 0 heterocycles. The molecule has 0 fully saturated rings. The van der Waals surface area contributed by atoms with Crippen molar-refractivity contribution in [2.75, 3.05) is 7.05 Å². The van der Waals surface area contributed by atoms with Gasteiger partial charge in [0.25, 0.3) is 5.91 Å². The van der Waals surface area contributed by atoms with Gasteiger partial charge in [-0.1, -0.05) is 61.4 Å². The predicted molar refractivity (Wildman–Crippen MR) is 105 cm³/mol. The van der Waals surface area contributed by atoms with Crippen molar-refractivity contribution in [3.05, 3.63) is 70.8 Å². The molecule has 0 aliphatic heterocycles. The standard InChI is InChI=1S/C22H28N2O2/c1-15(2)20(23-21(25)19-8-6-7-17(4)13-19)22(26)24(5)14-18-11-9-16(3)10-12-18/h6-13,15,20H,14H2,1-5H3,(H,23,25). The maximum Gasteiger partial charge on any atom is 0.251 e. The van der Waals surface area contributed by atoms with Crippen molar-refractivity contribution < 1.29 is 9.59 Å². The van der Waals surface area contributed by atoms with Crippen LogP contribution in [0.1, 0.15) is 40.9 Å². The average molecular weight is 352 g/mol. The zero-order valence-corrected chi connectivity index (χ0v) is 16.2. The Kier molecular flexibility index (Phi) is 6.56. The molecule has 138 valence electrons. The molecule has 0 bridgehead atoms. The first-order valence-corrected chi connectivity index (χ1v) is 8.96. The fraction of sp³-hybridized carbons (Fsp3) is 0.364. The lowest BCUT2D eigenvalue weighted by atomic mass is 10.0. The fourth-order valence-corrected chi connectivity index (χ4v) is 2.81. The molecule has 0 aliphatic rings. The van der Waals surface area contributed by atoms with Crippen LogP contribution >= 0.6 is 0 Å². The minimum Gasteiger partial charge on any atom is -0.340 e. The number of benzene rings is 2. The number of likely N-dealkylation sites (N-methyl/N-ethyl adjacent to an activating group) is 1. The second-order valence-corrected chi connectivity index (χ2v) is 7.24. The third-order valence-electron chi connectivity index (χ3n) is 4.42. The Morgan fingerprint density at radius 3 is 2.23 bits per heavy atom. The van der Waals surface area contributed by atoms with Gasteiger partial charge < -0.3 is 10.2 Å². The topological polar surface area (TPSA) is 49.4 Å². The van der Waals surface area contributed by atoms with E-state index in [1.807, 2.05) is 70.2 Å². The molecule has 0 radical (unpaired) electrons. The summed E-state index contributed by atoms with van der Waals surface area (Å²) in [6.07, 6.45) is 0. The molecular weight excluding hydrogens is 324 g/mol. The van der Waals surface area contributed by atoms with Gasteiger partial charge in [-0.2, -0.15) is 0 Å². The number of carbonyl (C=O) groups excluding carboxylic acids is 2.